The molecule has 20 heavy (non-hydrogen) atoms. The van der Waals surface area contributed by atoms with E-state index in [1.165, 1.54) is 11.4 Å². The van der Waals surface area contributed by atoms with Gasteiger partial charge in [-0.15, -0.1) is 0 Å². The van der Waals surface area contributed by atoms with Gasteiger partial charge in [0.15, 0.2) is 0 Å². The van der Waals surface area contributed by atoms with Crippen LogP contribution < -0.4 is 9.46 Å². The number of anilines is 1. The normalized spacial score (nSPS) is 17.9. The lowest BCUT2D eigenvalue weighted by Gasteiger charge is -2.30. The molecular weight excluding hydrogens is 280 g/mol. The number of aliphatic hydroxyl groups excluding tert-OH is 1. The molecule has 1 aliphatic rings. The van der Waals surface area contributed by atoms with E-state index in [1.807, 2.05) is 0 Å². The Morgan fingerprint density at radius 1 is 1.35 bits per heavy atom. The number of nitrogens with one attached hydrogen (secondary N) is 1. The SMILES string of the molecule is COc1ccccc1NS(=O)(=O)N1CCC(CO)CC1. The number of hydrogen-bond donors (Lipinski definition) is 2. The molecule has 0 spiro atoms. The minimum Gasteiger partial charge on any atom is -0.495 e. The van der Waals surface area contributed by atoms with E-state index < -0.39 is 10.2 Å². The van der Waals surface area contributed by atoms with E-state index in [-0.39, 0.29) is 12.5 Å². The van der Waals surface area contributed by atoms with Crippen molar-refractivity contribution in [1.29, 1.82) is 0 Å². The molecule has 0 radical (unpaired) electrons. The van der Waals surface area contributed by atoms with Crippen molar-refractivity contribution in [3.63, 3.8) is 0 Å². The average Bonchev–Trinajstić information content (AvgIpc) is 2.47. The highest BCUT2D eigenvalue weighted by Gasteiger charge is 2.28. The quantitative estimate of drug-likeness (QED) is 0.852. The summed E-state index contributed by atoms with van der Waals surface area (Å²) in [6, 6.07) is 6.90. The van der Waals surface area contributed by atoms with Gasteiger partial charge < -0.3 is 9.84 Å². The summed E-state index contributed by atoms with van der Waals surface area (Å²) in [7, 11) is -2.08. The zero-order valence-electron chi connectivity index (χ0n) is 11.4. The summed E-state index contributed by atoms with van der Waals surface area (Å²) in [4.78, 5) is 0. The molecule has 1 aromatic carbocycles. The molecule has 1 heterocycles. The lowest BCUT2D eigenvalue weighted by molar-refractivity contribution is 0.170. The van der Waals surface area contributed by atoms with Crippen molar-refractivity contribution in [2.24, 2.45) is 5.92 Å². The van der Waals surface area contributed by atoms with Crippen molar-refractivity contribution in [3.8, 4) is 5.75 Å². The molecule has 7 heteroatoms. The second-order valence-electron chi connectivity index (χ2n) is 4.83. The van der Waals surface area contributed by atoms with Crippen LogP contribution in [0.1, 0.15) is 12.8 Å². The Kier molecular flexibility index (Phi) is 4.85. The Hall–Kier alpha value is -1.31. The van der Waals surface area contributed by atoms with Crippen LogP contribution >= 0.6 is 0 Å². The maximum Gasteiger partial charge on any atom is 0.301 e. The van der Waals surface area contributed by atoms with E-state index in [1.54, 1.807) is 24.3 Å². The van der Waals surface area contributed by atoms with E-state index in [0.717, 1.165) is 0 Å². The van der Waals surface area contributed by atoms with E-state index in [2.05, 4.69) is 4.72 Å². The number of ether oxygens (including phenoxy) is 1. The summed E-state index contributed by atoms with van der Waals surface area (Å²) in [5, 5.41) is 9.08. The van der Waals surface area contributed by atoms with Gasteiger partial charge in [0.25, 0.3) is 0 Å². The molecule has 0 unspecified atom stereocenters. The first-order valence-corrected chi connectivity index (χ1v) is 8.02. The molecule has 1 aromatic rings. The summed E-state index contributed by atoms with van der Waals surface area (Å²) >= 11 is 0. The fourth-order valence-electron chi connectivity index (χ4n) is 2.26. The van der Waals surface area contributed by atoms with Gasteiger partial charge in [-0.1, -0.05) is 12.1 Å². The Bertz CT molecular complexity index is 539. The predicted octanol–water partition coefficient (Wildman–Crippen LogP) is 1.06. The Morgan fingerprint density at radius 3 is 2.60 bits per heavy atom. The van der Waals surface area contributed by atoms with Gasteiger partial charge in [0, 0.05) is 19.7 Å². The van der Waals surface area contributed by atoms with Gasteiger partial charge in [-0.05, 0) is 30.9 Å². The third-order valence-corrected chi connectivity index (χ3v) is 5.04. The predicted molar refractivity (Wildman–Crippen MR) is 76.9 cm³/mol. The van der Waals surface area contributed by atoms with Crippen LogP contribution in [0.2, 0.25) is 0 Å². The molecule has 0 aromatic heterocycles. The van der Waals surface area contributed by atoms with E-state index >= 15 is 0 Å². The van der Waals surface area contributed by atoms with Gasteiger partial charge in [0.2, 0.25) is 0 Å². The monoisotopic (exact) mass is 300 g/mol. The highest BCUT2D eigenvalue weighted by atomic mass is 32.2. The average molecular weight is 300 g/mol. The molecule has 2 N–H and O–H groups in total. The van der Waals surface area contributed by atoms with E-state index in [0.29, 0.717) is 37.4 Å². The van der Waals surface area contributed by atoms with Crippen LogP contribution in [0.15, 0.2) is 24.3 Å². The van der Waals surface area contributed by atoms with Crippen LogP contribution in [0, 0.1) is 5.92 Å². The largest absolute Gasteiger partial charge is 0.495 e. The first-order chi connectivity index (χ1) is 9.56. The van der Waals surface area contributed by atoms with Crippen LogP contribution in [0.25, 0.3) is 0 Å². The number of piperidine rings is 1. The summed E-state index contributed by atoms with van der Waals surface area (Å²) in [5.74, 6) is 0.689. The maximum atomic E-state index is 12.3. The van der Waals surface area contributed by atoms with Gasteiger partial charge in [-0.3, -0.25) is 4.72 Å². The zero-order chi connectivity index (χ0) is 14.6. The third kappa shape index (κ3) is 3.41. The lowest BCUT2D eigenvalue weighted by atomic mass is 10.00. The first kappa shape index (κ1) is 15.1. The highest BCUT2D eigenvalue weighted by molar-refractivity contribution is 7.90. The van der Waals surface area contributed by atoms with Crippen molar-refractivity contribution in [3.05, 3.63) is 24.3 Å². The Morgan fingerprint density at radius 2 is 2.00 bits per heavy atom. The molecule has 1 fully saturated rings. The molecule has 1 aliphatic heterocycles. The van der Waals surface area contributed by atoms with Crippen LogP contribution in [-0.2, 0) is 10.2 Å². The van der Waals surface area contributed by atoms with Crippen molar-refractivity contribution in [2.75, 3.05) is 31.5 Å². The number of nitrogens with zero attached hydrogens (tertiary/aromatic N) is 1. The minimum absolute atomic E-state index is 0.119. The molecule has 0 atom stereocenters. The molecular formula is C13H20N2O4S. The lowest BCUT2D eigenvalue weighted by Crippen LogP contribution is -2.42. The first-order valence-electron chi connectivity index (χ1n) is 6.58. The fraction of sp³-hybridized carbons (Fsp3) is 0.538. The van der Waals surface area contributed by atoms with Crippen LogP contribution in [0.3, 0.4) is 0 Å². The summed E-state index contributed by atoms with van der Waals surface area (Å²) in [6.07, 6.45) is 1.37. The fourth-order valence-corrected chi connectivity index (χ4v) is 3.53. The number of aliphatic hydroxyl groups is 1. The molecule has 0 amide bonds. The molecule has 1 saturated heterocycles. The zero-order valence-corrected chi connectivity index (χ0v) is 12.3. The number of methoxy groups -OCH3 is 1. The van der Waals surface area contributed by atoms with Crippen molar-refractivity contribution in [2.45, 2.75) is 12.8 Å². The van der Waals surface area contributed by atoms with E-state index in [4.69, 9.17) is 9.84 Å². The highest BCUT2D eigenvalue weighted by Crippen LogP contribution is 2.26. The summed E-state index contributed by atoms with van der Waals surface area (Å²) < 4.78 is 33.7. The number of rotatable bonds is 5. The van der Waals surface area contributed by atoms with Crippen LogP contribution in [-0.4, -0.2) is 44.6 Å². The minimum atomic E-state index is -3.58. The standard InChI is InChI=1S/C13H20N2O4S/c1-19-13-5-3-2-4-12(13)14-20(17,18)15-8-6-11(10-16)7-9-15/h2-5,11,14,16H,6-10H2,1H3. The molecule has 0 aliphatic carbocycles. The summed E-state index contributed by atoms with van der Waals surface area (Å²) in [5.41, 5.74) is 0.430. The van der Waals surface area contributed by atoms with Crippen LogP contribution in [0.5, 0.6) is 5.75 Å². The van der Waals surface area contributed by atoms with Gasteiger partial charge >= 0.3 is 10.2 Å². The van der Waals surface area contributed by atoms with Crippen molar-refractivity contribution < 1.29 is 18.3 Å². The van der Waals surface area contributed by atoms with Gasteiger partial charge in [-0.25, -0.2) is 0 Å². The Balaban J connectivity index is 2.08. The molecule has 0 bridgehead atoms. The topological polar surface area (TPSA) is 78.9 Å². The van der Waals surface area contributed by atoms with Crippen molar-refractivity contribution >= 4 is 15.9 Å². The van der Waals surface area contributed by atoms with Gasteiger partial charge in [-0.2, -0.15) is 12.7 Å². The van der Waals surface area contributed by atoms with Gasteiger partial charge in [0.1, 0.15) is 5.75 Å². The van der Waals surface area contributed by atoms with Crippen molar-refractivity contribution in [1.82, 2.24) is 4.31 Å². The maximum absolute atomic E-state index is 12.3. The number of hydrogen-bond acceptors (Lipinski definition) is 4. The molecule has 0 saturated carbocycles. The number of benzene rings is 1. The Labute approximate surface area is 119 Å². The molecule has 112 valence electrons. The van der Waals surface area contributed by atoms with Crippen LogP contribution in [0.4, 0.5) is 5.69 Å². The second kappa shape index (κ2) is 6.43. The second-order valence-corrected chi connectivity index (χ2v) is 6.50. The molecule has 2 rings (SSSR count). The number of para-hydroxylation sites is 2. The van der Waals surface area contributed by atoms with Gasteiger partial charge in [0.05, 0.1) is 12.8 Å². The summed E-state index contributed by atoms with van der Waals surface area (Å²) in [6.45, 7) is 0.971. The molecule has 6 nitrogen and oxygen atoms in total. The van der Waals surface area contributed by atoms with E-state index in [9.17, 15) is 8.42 Å². The third-order valence-electron chi connectivity index (χ3n) is 3.52. The smallest absolute Gasteiger partial charge is 0.301 e.